The van der Waals surface area contributed by atoms with E-state index in [0.717, 1.165) is 61.3 Å². The van der Waals surface area contributed by atoms with E-state index in [1.165, 1.54) is 18.1 Å². The van der Waals surface area contributed by atoms with Gasteiger partial charge < -0.3 is 26.2 Å². The molecule has 1 saturated heterocycles. The SMILES string of the molecule is CCc1ccc(NC(=O)Nc2ccc(N3CCCCC3)c(F)c2)cc1.Cn1nccc1-c1cccc(NC(=O)NCCc2ccc(Cl)cc2)c1. The van der Waals surface area contributed by atoms with Gasteiger partial charge in [0, 0.05) is 60.5 Å². The Bertz CT molecular complexity index is 1860. The summed E-state index contributed by atoms with van der Waals surface area (Å²) < 4.78 is 16.2. The number of rotatable bonds is 9. The lowest BCUT2D eigenvalue weighted by Gasteiger charge is -2.29. The van der Waals surface area contributed by atoms with E-state index in [9.17, 15) is 14.0 Å². The van der Waals surface area contributed by atoms with Gasteiger partial charge in [-0.3, -0.25) is 4.68 Å². The number of carbonyl (C=O) groups excluding carboxylic acids is 2. The molecule has 0 aliphatic carbocycles. The quantitative estimate of drug-likeness (QED) is 0.124. The van der Waals surface area contributed by atoms with Crippen LogP contribution in [0.1, 0.15) is 37.3 Å². The smallest absolute Gasteiger partial charge is 0.323 e. The van der Waals surface area contributed by atoms with Crippen molar-refractivity contribution in [1.82, 2.24) is 15.1 Å². The highest BCUT2D eigenvalue weighted by Crippen LogP contribution is 2.26. The van der Waals surface area contributed by atoms with E-state index in [1.54, 1.807) is 23.0 Å². The maximum Gasteiger partial charge on any atom is 0.323 e. The van der Waals surface area contributed by atoms with E-state index in [-0.39, 0.29) is 17.9 Å². The van der Waals surface area contributed by atoms with Crippen LogP contribution in [0.4, 0.5) is 36.7 Å². The molecule has 260 valence electrons. The van der Waals surface area contributed by atoms with Gasteiger partial charge in [-0.05, 0) is 104 Å². The van der Waals surface area contributed by atoms with Gasteiger partial charge in [0.2, 0.25) is 0 Å². The van der Waals surface area contributed by atoms with E-state index in [0.29, 0.717) is 28.6 Å². The molecule has 0 atom stereocenters. The van der Waals surface area contributed by atoms with Crippen molar-refractivity contribution >= 4 is 46.4 Å². The summed E-state index contributed by atoms with van der Waals surface area (Å²) in [6.07, 6.45) is 6.85. The molecule has 50 heavy (non-hydrogen) atoms. The van der Waals surface area contributed by atoms with E-state index in [2.05, 4.69) is 38.2 Å². The van der Waals surface area contributed by atoms with E-state index < -0.39 is 0 Å². The third kappa shape index (κ3) is 10.6. The number of benzene rings is 4. The van der Waals surface area contributed by atoms with Crippen LogP contribution in [0.15, 0.2) is 103 Å². The van der Waals surface area contributed by atoms with Crippen LogP contribution >= 0.6 is 11.6 Å². The summed E-state index contributed by atoms with van der Waals surface area (Å²) in [5.74, 6) is -0.299. The van der Waals surface area contributed by atoms with Gasteiger partial charge >= 0.3 is 12.1 Å². The molecule has 0 radical (unpaired) electrons. The monoisotopic (exact) mass is 695 g/mol. The average Bonchev–Trinajstić information content (AvgIpc) is 3.56. The number of nitrogens with one attached hydrogen (secondary N) is 4. The minimum Gasteiger partial charge on any atom is -0.369 e. The number of hydrogen-bond acceptors (Lipinski definition) is 4. The minimum absolute atomic E-state index is 0.226. The Hall–Kier alpha value is -5.35. The van der Waals surface area contributed by atoms with Crippen LogP contribution in [0.3, 0.4) is 0 Å². The lowest BCUT2D eigenvalue weighted by molar-refractivity contribution is 0.252. The first kappa shape index (κ1) is 35.9. The zero-order valence-electron chi connectivity index (χ0n) is 28.4. The van der Waals surface area contributed by atoms with E-state index in [1.807, 2.05) is 85.9 Å². The van der Waals surface area contributed by atoms with Gasteiger partial charge in [-0.15, -0.1) is 0 Å². The second-order valence-electron chi connectivity index (χ2n) is 12.0. The van der Waals surface area contributed by atoms with Crippen molar-refractivity contribution in [2.24, 2.45) is 7.05 Å². The van der Waals surface area contributed by atoms with Crippen molar-refractivity contribution in [2.45, 2.75) is 39.0 Å². The molecule has 5 aromatic rings. The number of aryl methyl sites for hydroxylation is 2. The highest BCUT2D eigenvalue weighted by atomic mass is 35.5. The minimum atomic E-state index is -0.380. The normalized spacial score (nSPS) is 12.4. The third-order valence-corrected chi connectivity index (χ3v) is 8.62. The molecular formula is C39H43ClFN7O2. The van der Waals surface area contributed by atoms with Crippen LogP contribution in [-0.4, -0.2) is 41.5 Å². The molecule has 1 aliphatic heterocycles. The fourth-order valence-corrected chi connectivity index (χ4v) is 5.78. The van der Waals surface area contributed by atoms with Crippen LogP contribution in [-0.2, 0) is 19.9 Å². The van der Waals surface area contributed by atoms with Gasteiger partial charge in [-0.2, -0.15) is 5.10 Å². The first-order valence-corrected chi connectivity index (χ1v) is 17.2. The van der Waals surface area contributed by atoms with Crippen molar-refractivity contribution in [3.8, 4) is 11.3 Å². The summed E-state index contributed by atoms with van der Waals surface area (Å²) in [5, 5.41) is 16.0. The maximum atomic E-state index is 14.4. The highest BCUT2D eigenvalue weighted by molar-refractivity contribution is 6.30. The van der Waals surface area contributed by atoms with Crippen molar-refractivity contribution in [2.75, 3.05) is 40.5 Å². The standard InChI is InChI=1S/C20H24FN3O.C19H19ClN4O/c1-2-15-6-8-16(9-7-15)22-20(25)23-17-10-11-19(18(21)14-17)24-12-4-3-5-13-24;1-24-18(10-12-22-24)15-3-2-4-17(13-15)23-19(25)21-11-9-14-5-7-16(20)8-6-14/h6-11,14H,2-5,12-13H2,1H3,(H2,22,23,25);2-8,10,12-13H,9,11H2,1H3,(H2,21,23,25). The fourth-order valence-electron chi connectivity index (χ4n) is 5.65. The number of piperidine rings is 1. The van der Waals surface area contributed by atoms with E-state index in [4.69, 9.17) is 11.6 Å². The molecule has 6 rings (SSSR count). The molecule has 1 fully saturated rings. The van der Waals surface area contributed by atoms with Gasteiger partial charge in [0.05, 0.1) is 11.4 Å². The summed E-state index contributed by atoms with van der Waals surface area (Å²) in [6.45, 7) is 4.40. The van der Waals surface area contributed by atoms with Crippen LogP contribution in [0, 0.1) is 5.82 Å². The molecule has 4 amide bonds. The molecule has 0 saturated carbocycles. The topological polar surface area (TPSA) is 103 Å². The van der Waals surface area contributed by atoms with Crippen LogP contribution in [0.25, 0.3) is 11.3 Å². The van der Waals surface area contributed by atoms with E-state index >= 15 is 0 Å². The number of aromatic nitrogens is 2. The van der Waals surface area contributed by atoms with Gasteiger partial charge in [-0.25, -0.2) is 14.0 Å². The first-order chi connectivity index (χ1) is 24.3. The van der Waals surface area contributed by atoms with Crippen molar-refractivity contribution in [3.63, 3.8) is 0 Å². The lowest BCUT2D eigenvalue weighted by Crippen LogP contribution is -2.30. The van der Waals surface area contributed by atoms with Crippen molar-refractivity contribution < 1.29 is 14.0 Å². The van der Waals surface area contributed by atoms with Crippen LogP contribution < -0.4 is 26.2 Å². The number of urea groups is 2. The summed E-state index contributed by atoms with van der Waals surface area (Å²) >= 11 is 5.86. The van der Waals surface area contributed by atoms with Crippen molar-refractivity contribution in [1.29, 1.82) is 0 Å². The first-order valence-electron chi connectivity index (χ1n) is 16.9. The number of anilines is 4. The van der Waals surface area contributed by atoms with Gasteiger partial charge in [0.1, 0.15) is 5.82 Å². The molecule has 0 unspecified atom stereocenters. The number of carbonyl (C=O) groups is 2. The Kier molecular flexibility index (Phi) is 12.8. The number of hydrogen-bond donors (Lipinski definition) is 4. The molecule has 4 aromatic carbocycles. The predicted molar refractivity (Wildman–Crippen MR) is 202 cm³/mol. The molecule has 2 heterocycles. The molecule has 9 nitrogen and oxygen atoms in total. The van der Waals surface area contributed by atoms with Gasteiger partial charge in [-0.1, -0.05) is 54.9 Å². The molecule has 0 spiro atoms. The maximum absolute atomic E-state index is 14.4. The van der Waals surface area contributed by atoms with Gasteiger partial charge in [0.25, 0.3) is 0 Å². The lowest BCUT2D eigenvalue weighted by atomic mass is 10.1. The zero-order chi connectivity index (χ0) is 35.3. The Morgan fingerprint density at radius 3 is 2.12 bits per heavy atom. The molecule has 1 aliphatic rings. The molecule has 0 bridgehead atoms. The average molecular weight is 696 g/mol. The van der Waals surface area contributed by atoms with Crippen LogP contribution in [0.5, 0.6) is 0 Å². The van der Waals surface area contributed by atoms with Crippen LogP contribution in [0.2, 0.25) is 5.02 Å². The third-order valence-electron chi connectivity index (χ3n) is 8.37. The summed E-state index contributed by atoms with van der Waals surface area (Å²) in [5.41, 5.74) is 6.83. The Labute approximate surface area is 297 Å². The second kappa shape index (κ2) is 17.9. The number of nitrogens with zero attached hydrogens (tertiary/aromatic N) is 3. The highest BCUT2D eigenvalue weighted by Gasteiger charge is 2.15. The molecular weight excluding hydrogens is 653 g/mol. The summed E-state index contributed by atoms with van der Waals surface area (Å²) in [6, 6.07) is 29.2. The fraction of sp³-hybridized carbons (Fsp3) is 0.256. The predicted octanol–water partition coefficient (Wildman–Crippen LogP) is 9.13. The Morgan fingerprint density at radius 2 is 1.44 bits per heavy atom. The number of amides is 4. The molecule has 11 heteroatoms. The largest absolute Gasteiger partial charge is 0.369 e. The molecule has 1 aromatic heterocycles. The second-order valence-corrected chi connectivity index (χ2v) is 12.5. The Morgan fingerprint density at radius 1 is 0.780 bits per heavy atom. The molecule has 4 N–H and O–H groups in total. The Balaban J connectivity index is 0.000000194. The number of halogens is 2. The van der Waals surface area contributed by atoms with Gasteiger partial charge in [0.15, 0.2) is 0 Å². The van der Waals surface area contributed by atoms with Crippen molar-refractivity contribution in [3.05, 3.63) is 125 Å². The zero-order valence-corrected chi connectivity index (χ0v) is 29.1. The summed E-state index contributed by atoms with van der Waals surface area (Å²) in [4.78, 5) is 26.2. The summed E-state index contributed by atoms with van der Waals surface area (Å²) in [7, 11) is 1.89.